The fourth-order valence-corrected chi connectivity index (χ4v) is 2.08. The summed E-state index contributed by atoms with van der Waals surface area (Å²) in [6.07, 6.45) is 0.972. The van der Waals surface area contributed by atoms with Crippen LogP contribution in [-0.2, 0) is 4.79 Å². The summed E-state index contributed by atoms with van der Waals surface area (Å²) in [5, 5.41) is 7.98. The van der Waals surface area contributed by atoms with Crippen molar-refractivity contribution >= 4 is 29.7 Å². The molecule has 1 heterocycles. The van der Waals surface area contributed by atoms with Gasteiger partial charge in [-0.25, -0.2) is 0 Å². The first kappa shape index (κ1) is 15.4. The van der Waals surface area contributed by atoms with Gasteiger partial charge in [0, 0.05) is 11.4 Å². The predicted molar refractivity (Wildman–Crippen MR) is 71.5 cm³/mol. The average Bonchev–Trinajstić information content (AvgIpc) is 2.76. The predicted octanol–water partition coefficient (Wildman–Crippen LogP) is 2.00. The smallest absolute Gasteiger partial charge is 0.228 e. The van der Waals surface area contributed by atoms with Crippen molar-refractivity contribution in [2.24, 2.45) is 0 Å². The van der Waals surface area contributed by atoms with E-state index in [9.17, 15) is 4.79 Å². The van der Waals surface area contributed by atoms with Gasteiger partial charge in [0.1, 0.15) is 0 Å². The highest BCUT2D eigenvalue weighted by Crippen LogP contribution is 2.20. The summed E-state index contributed by atoms with van der Waals surface area (Å²) in [6.45, 7) is 3.63. The molecule has 3 nitrogen and oxygen atoms in total. The number of hydrogen-bond acceptors (Lipinski definition) is 3. The molecule has 92 valence electrons. The van der Waals surface area contributed by atoms with Crippen LogP contribution in [0.5, 0.6) is 0 Å². The number of amides is 1. The second-order valence-corrected chi connectivity index (χ2v) is 4.46. The Morgan fingerprint density at radius 3 is 2.81 bits per heavy atom. The van der Waals surface area contributed by atoms with Gasteiger partial charge in [-0.05, 0) is 38.4 Å². The molecule has 0 bridgehead atoms. The van der Waals surface area contributed by atoms with Crippen molar-refractivity contribution in [3.63, 3.8) is 0 Å². The van der Waals surface area contributed by atoms with Gasteiger partial charge in [-0.2, -0.15) is 0 Å². The molecule has 1 rings (SSSR count). The normalized spacial score (nSPS) is 11.6. The van der Waals surface area contributed by atoms with Gasteiger partial charge in [-0.1, -0.05) is 6.07 Å². The van der Waals surface area contributed by atoms with Crippen LogP contribution >= 0.6 is 23.7 Å². The highest BCUT2D eigenvalue weighted by atomic mass is 35.5. The van der Waals surface area contributed by atoms with Gasteiger partial charge in [0.25, 0.3) is 0 Å². The zero-order chi connectivity index (χ0) is 11.1. The van der Waals surface area contributed by atoms with Gasteiger partial charge in [0.05, 0.1) is 5.92 Å². The van der Waals surface area contributed by atoms with Crippen LogP contribution in [0.2, 0.25) is 0 Å². The number of nitrogens with one attached hydrogen (secondary N) is 2. The van der Waals surface area contributed by atoms with Crippen molar-refractivity contribution < 1.29 is 4.79 Å². The Balaban J connectivity index is 0.00000225. The van der Waals surface area contributed by atoms with Gasteiger partial charge in [0.2, 0.25) is 5.91 Å². The second-order valence-electron chi connectivity index (χ2n) is 3.49. The molecule has 0 aliphatic rings. The molecular weight excluding hydrogens is 244 g/mol. The molecule has 0 radical (unpaired) electrons. The highest BCUT2D eigenvalue weighted by molar-refractivity contribution is 7.10. The molecule has 2 N–H and O–H groups in total. The van der Waals surface area contributed by atoms with Crippen molar-refractivity contribution in [3.8, 4) is 0 Å². The molecule has 0 saturated heterocycles. The van der Waals surface area contributed by atoms with E-state index in [4.69, 9.17) is 0 Å². The Labute approximate surface area is 107 Å². The largest absolute Gasteiger partial charge is 0.356 e. The molecule has 1 atom stereocenters. The molecule has 0 aliphatic heterocycles. The lowest BCUT2D eigenvalue weighted by Gasteiger charge is -2.10. The molecule has 16 heavy (non-hydrogen) atoms. The zero-order valence-electron chi connectivity index (χ0n) is 9.66. The molecule has 0 spiro atoms. The van der Waals surface area contributed by atoms with Crippen molar-refractivity contribution in [1.29, 1.82) is 0 Å². The van der Waals surface area contributed by atoms with E-state index in [0.29, 0.717) is 0 Å². The van der Waals surface area contributed by atoms with Crippen molar-refractivity contribution in [1.82, 2.24) is 10.6 Å². The Bertz CT molecular complexity index is 290. The minimum Gasteiger partial charge on any atom is -0.356 e. The van der Waals surface area contributed by atoms with Gasteiger partial charge >= 0.3 is 0 Å². The first-order valence-electron chi connectivity index (χ1n) is 5.21. The molecule has 0 fully saturated rings. The van der Waals surface area contributed by atoms with Crippen molar-refractivity contribution in [2.75, 3.05) is 20.1 Å². The number of halogens is 1. The fraction of sp³-hybridized carbons (Fsp3) is 0.545. The second kappa shape index (κ2) is 8.56. The summed E-state index contributed by atoms with van der Waals surface area (Å²) < 4.78 is 0. The lowest BCUT2D eigenvalue weighted by molar-refractivity contribution is -0.122. The Kier molecular flexibility index (Phi) is 8.25. The summed E-state index contributed by atoms with van der Waals surface area (Å²) >= 11 is 1.63. The minimum atomic E-state index is -0.0282. The topological polar surface area (TPSA) is 41.1 Å². The van der Waals surface area contributed by atoms with Gasteiger partial charge in [0.15, 0.2) is 0 Å². The van der Waals surface area contributed by atoms with Crippen LogP contribution in [-0.4, -0.2) is 26.0 Å². The van der Waals surface area contributed by atoms with Crippen molar-refractivity contribution in [2.45, 2.75) is 19.3 Å². The van der Waals surface area contributed by atoms with E-state index in [1.165, 1.54) is 0 Å². The van der Waals surface area contributed by atoms with E-state index in [1.54, 1.807) is 11.3 Å². The summed E-state index contributed by atoms with van der Waals surface area (Å²) in [4.78, 5) is 12.8. The SMILES string of the molecule is CNCCCNC(=O)C(C)c1cccs1.Cl. The standard InChI is InChI=1S/C11H18N2OS.ClH/c1-9(10-5-3-8-15-10)11(14)13-7-4-6-12-2;/h3,5,8-9,12H,4,6-7H2,1-2H3,(H,13,14);1H. The summed E-state index contributed by atoms with van der Waals surface area (Å²) in [7, 11) is 1.91. The number of carbonyl (C=O) groups excluding carboxylic acids is 1. The zero-order valence-corrected chi connectivity index (χ0v) is 11.3. The van der Waals surface area contributed by atoms with Gasteiger partial charge in [-0.3, -0.25) is 4.79 Å². The Hall–Kier alpha value is -0.580. The molecule has 0 aliphatic carbocycles. The minimum absolute atomic E-state index is 0. The highest BCUT2D eigenvalue weighted by Gasteiger charge is 2.14. The number of carbonyl (C=O) groups is 1. The molecule has 1 unspecified atom stereocenters. The van der Waals surface area contributed by atoms with Crippen LogP contribution in [0.15, 0.2) is 17.5 Å². The van der Waals surface area contributed by atoms with Crippen LogP contribution in [0.25, 0.3) is 0 Å². The number of hydrogen-bond donors (Lipinski definition) is 2. The maximum Gasteiger partial charge on any atom is 0.228 e. The van der Waals surface area contributed by atoms with E-state index in [1.807, 2.05) is 31.5 Å². The van der Waals surface area contributed by atoms with Gasteiger partial charge in [-0.15, -0.1) is 23.7 Å². The van der Waals surface area contributed by atoms with E-state index >= 15 is 0 Å². The van der Waals surface area contributed by atoms with Crippen LogP contribution < -0.4 is 10.6 Å². The Morgan fingerprint density at radius 2 is 2.25 bits per heavy atom. The molecule has 0 aromatic carbocycles. The fourth-order valence-electron chi connectivity index (χ4n) is 1.30. The summed E-state index contributed by atoms with van der Waals surface area (Å²) in [6, 6.07) is 3.98. The lowest BCUT2D eigenvalue weighted by atomic mass is 10.1. The summed E-state index contributed by atoms with van der Waals surface area (Å²) in [5.74, 6) is 0.0909. The Morgan fingerprint density at radius 1 is 1.50 bits per heavy atom. The third kappa shape index (κ3) is 4.96. The third-order valence-corrected chi connectivity index (χ3v) is 3.32. The van der Waals surface area contributed by atoms with Crippen LogP contribution in [0, 0.1) is 0 Å². The third-order valence-electron chi connectivity index (χ3n) is 2.27. The quantitative estimate of drug-likeness (QED) is 0.770. The van der Waals surface area contributed by atoms with E-state index in [0.717, 1.165) is 24.4 Å². The molecule has 1 amide bonds. The maximum atomic E-state index is 11.7. The first-order valence-corrected chi connectivity index (χ1v) is 6.09. The molecular formula is C11H19ClN2OS. The van der Waals surface area contributed by atoms with Crippen LogP contribution in [0.4, 0.5) is 0 Å². The molecule has 1 aromatic rings. The van der Waals surface area contributed by atoms with Gasteiger partial charge < -0.3 is 10.6 Å². The number of rotatable bonds is 6. The molecule has 5 heteroatoms. The first-order chi connectivity index (χ1) is 7.25. The molecule has 1 aromatic heterocycles. The average molecular weight is 263 g/mol. The monoisotopic (exact) mass is 262 g/mol. The van der Waals surface area contributed by atoms with E-state index in [-0.39, 0.29) is 24.2 Å². The van der Waals surface area contributed by atoms with Crippen LogP contribution in [0.1, 0.15) is 24.1 Å². The van der Waals surface area contributed by atoms with Crippen LogP contribution in [0.3, 0.4) is 0 Å². The molecule has 0 saturated carbocycles. The van der Waals surface area contributed by atoms with E-state index in [2.05, 4.69) is 10.6 Å². The summed E-state index contributed by atoms with van der Waals surface area (Å²) in [5.41, 5.74) is 0. The van der Waals surface area contributed by atoms with E-state index < -0.39 is 0 Å². The lowest BCUT2D eigenvalue weighted by Crippen LogP contribution is -2.29. The van der Waals surface area contributed by atoms with Crippen molar-refractivity contribution in [3.05, 3.63) is 22.4 Å². The maximum absolute atomic E-state index is 11.7. The number of thiophene rings is 1.